The van der Waals surface area contributed by atoms with Crippen LogP contribution in [0.2, 0.25) is 0 Å². The summed E-state index contributed by atoms with van der Waals surface area (Å²) in [5.74, 6) is 0.581. The number of guanidine groups is 1. The summed E-state index contributed by atoms with van der Waals surface area (Å²) >= 11 is 0. The van der Waals surface area contributed by atoms with E-state index < -0.39 is 0 Å². The van der Waals surface area contributed by atoms with E-state index in [0.29, 0.717) is 12.0 Å². The Morgan fingerprint density at radius 3 is 3.08 bits per heavy atom. The molecule has 0 heterocycles. The highest BCUT2D eigenvalue weighted by molar-refractivity contribution is 5.78. The number of hydrogen-bond acceptors (Lipinski definition) is 1. The summed E-state index contributed by atoms with van der Waals surface area (Å²) in [7, 11) is 0. The van der Waals surface area contributed by atoms with Crippen LogP contribution in [0, 0.1) is 0 Å². The molecule has 12 heavy (non-hydrogen) atoms. The van der Waals surface area contributed by atoms with Crippen LogP contribution in [-0.2, 0) is 0 Å². The molecule has 1 rings (SSSR count). The van der Waals surface area contributed by atoms with Crippen LogP contribution in [0.5, 0.6) is 0 Å². The third kappa shape index (κ3) is 2.95. The van der Waals surface area contributed by atoms with Gasteiger partial charge >= 0.3 is 0 Å². The Hall–Kier alpha value is -0.990. The Balaban J connectivity index is 2.30. The lowest BCUT2D eigenvalue weighted by Crippen LogP contribution is -2.40. The van der Waals surface area contributed by atoms with Crippen LogP contribution in [-0.4, -0.2) is 18.5 Å². The number of allylic oxidation sites excluding steroid dienone is 1. The number of nitrogens with one attached hydrogen (secondary N) is 1. The molecule has 0 aromatic carbocycles. The van der Waals surface area contributed by atoms with Crippen molar-refractivity contribution in [2.75, 3.05) is 6.54 Å². The van der Waals surface area contributed by atoms with Gasteiger partial charge in [0.2, 0.25) is 0 Å². The van der Waals surface area contributed by atoms with Crippen molar-refractivity contribution >= 4 is 5.96 Å². The standard InChI is InChI=1S/C9H17N3/c1-2-11-9(10)12-8-6-4-3-5-7-8/h3-4,8H,2,5-7H2,1H3,(H3,10,11,12). The molecule has 0 saturated heterocycles. The summed E-state index contributed by atoms with van der Waals surface area (Å²) < 4.78 is 0. The molecule has 0 saturated carbocycles. The summed E-state index contributed by atoms with van der Waals surface area (Å²) in [6.07, 6.45) is 7.79. The Bertz CT molecular complexity index is 184. The first-order valence-corrected chi connectivity index (χ1v) is 4.54. The average Bonchev–Trinajstić information content (AvgIpc) is 2.06. The molecule has 0 bridgehead atoms. The van der Waals surface area contributed by atoms with E-state index >= 15 is 0 Å². The second-order valence-corrected chi connectivity index (χ2v) is 2.99. The third-order valence-electron chi connectivity index (χ3n) is 1.95. The topological polar surface area (TPSA) is 50.4 Å². The second kappa shape index (κ2) is 4.80. The van der Waals surface area contributed by atoms with Gasteiger partial charge in [0.1, 0.15) is 0 Å². The highest BCUT2D eigenvalue weighted by Gasteiger charge is 2.08. The fourth-order valence-electron chi connectivity index (χ4n) is 1.35. The summed E-state index contributed by atoms with van der Waals surface area (Å²) in [6.45, 7) is 2.73. The summed E-state index contributed by atoms with van der Waals surface area (Å²) in [6, 6.07) is 0.491. The first kappa shape index (κ1) is 9.10. The largest absolute Gasteiger partial charge is 0.370 e. The highest BCUT2D eigenvalue weighted by atomic mass is 15.1. The van der Waals surface area contributed by atoms with Gasteiger partial charge in [-0.2, -0.15) is 0 Å². The normalized spacial score (nSPS) is 24.1. The lowest BCUT2D eigenvalue weighted by Gasteiger charge is -2.19. The number of nitrogens with zero attached hydrogens (tertiary/aromatic N) is 1. The maximum Gasteiger partial charge on any atom is 0.188 e. The van der Waals surface area contributed by atoms with Crippen molar-refractivity contribution in [2.45, 2.75) is 32.2 Å². The zero-order valence-corrected chi connectivity index (χ0v) is 7.59. The molecule has 0 spiro atoms. The number of aliphatic imine (C=N–C) groups is 1. The van der Waals surface area contributed by atoms with Gasteiger partial charge in [0.15, 0.2) is 5.96 Å². The smallest absolute Gasteiger partial charge is 0.188 e. The minimum atomic E-state index is 0.491. The van der Waals surface area contributed by atoms with E-state index in [4.69, 9.17) is 5.73 Å². The molecular weight excluding hydrogens is 150 g/mol. The van der Waals surface area contributed by atoms with Gasteiger partial charge in [-0.15, -0.1) is 0 Å². The first-order valence-electron chi connectivity index (χ1n) is 4.54. The van der Waals surface area contributed by atoms with Crippen molar-refractivity contribution in [3.63, 3.8) is 0 Å². The number of hydrogen-bond donors (Lipinski definition) is 2. The molecule has 0 radical (unpaired) electrons. The Labute approximate surface area is 73.7 Å². The van der Waals surface area contributed by atoms with Gasteiger partial charge < -0.3 is 11.1 Å². The summed E-state index contributed by atoms with van der Waals surface area (Å²) in [4.78, 5) is 4.08. The predicted molar refractivity (Wildman–Crippen MR) is 52.1 cm³/mol. The molecule has 3 N–H and O–H groups in total. The van der Waals surface area contributed by atoms with E-state index in [0.717, 1.165) is 25.8 Å². The third-order valence-corrected chi connectivity index (χ3v) is 1.95. The molecule has 3 nitrogen and oxygen atoms in total. The molecule has 0 aliphatic heterocycles. The van der Waals surface area contributed by atoms with Crippen LogP contribution in [0.3, 0.4) is 0 Å². The van der Waals surface area contributed by atoms with Crippen LogP contribution in [0.1, 0.15) is 26.2 Å². The molecule has 68 valence electrons. The number of nitrogens with two attached hydrogens (primary N) is 1. The van der Waals surface area contributed by atoms with Crippen molar-refractivity contribution in [3.8, 4) is 0 Å². The van der Waals surface area contributed by atoms with E-state index in [1.165, 1.54) is 0 Å². The van der Waals surface area contributed by atoms with Crippen molar-refractivity contribution < 1.29 is 0 Å². The van der Waals surface area contributed by atoms with E-state index in [-0.39, 0.29) is 0 Å². The van der Waals surface area contributed by atoms with Gasteiger partial charge in [-0.25, -0.2) is 0 Å². The molecule has 1 unspecified atom stereocenters. The molecule has 0 amide bonds. The molecule has 0 aromatic rings. The van der Waals surface area contributed by atoms with Crippen LogP contribution in [0.15, 0.2) is 17.1 Å². The summed E-state index contributed by atoms with van der Waals surface area (Å²) in [5, 5.41) is 3.20. The van der Waals surface area contributed by atoms with Gasteiger partial charge in [-0.1, -0.05) is 12.2 Å². The fraction of sp³-hybridized carbons (Fsp3) is 0.667. The molecular formula is C9H17N3. The van der Waals surface area contributed by atoms with E-state index in [2.05, 4.69) is 22.5 Å². The lowest BCUT2D eigenvalue weighted by atomic mass is 10.0. The van der Waals surface area contributed by atoms with Gasteiger partial charge in [0, 0.05) is 12.6 Å². The van der Waals surface area contributed by atoms with Crippen molar-refractivity contribution in [3.05, 3.63) is 12.2 Å². The fourth-order valence-corrected chi connectivity index (χ4v) is 1.35. The van der Waals surface area contributed by atoms with Crippen molar-refractivity contribution in [2.24, 2.45) is 10.7 Å². The molecule has 1 aliphatic rings. The van der Waals surface area contributed by atoms with E-state index in [1.807, 2.05) is 6.92 Å². The quantitative estimate of drug-likeness (QED) is 0.366. The Kier molecular flexibility index (Phi) is 3.64. The van der Waals surface area contributed by atoms with Gasteiger partial charge in [0.25, 0.3) is 0 Å². The maximum atomic E-state index is 5.63. The van der Waals surface area contributed by atoms with E-state index in [1.54, 1.807) is 0 Å². The van der Waals surface area contributed by atoms with Gasteiger partial charge in [-0.05, 0) is 26.2 Å². The van der Waals surface area contributed by atoms with Gasteiger partial charge in [-0.3, -0.25) is 4.99 Å². The lowest BCUT2D eigenvalue weighted by molar-refractivity contribution is 0.550. The molecule has 0 fully saturated rings. The zero-order chi connectivity index (χ0) is 8.81. The van der Waals surface area contributed by atoms with Crippen LogP contribution >= 0.6 is 0 Å². The molecule has 0 aromatic heterocycles. The zero-order valence-electron chi connectivity index (χ0n) is 7.59. The summed E-state index contributed by atoms with van der Waals surface area (Å²) in [5.41, 5.74) is 5.63. The SMILES string of the molecule is CCN=C(N)NC1CC=CCC1. The van der Waals surface area contributed by atoms with Crippen molar-refractivity contribution in [1.82, 2.24) is 5.32 Å². The van der Waals surface area contributed by atoms with Crippen LogP contribution < -0.4 is 11.1 Å². The Morgan fingerprint density at radius 2 is 2.50 bits per heavy atom. The highest BCUT2D eigenvalue weighted by Crippen LogP contribution is 2.09. The minimum absolute atomic E-state index is 0.491. The molecule has 3 heteroatoms. The van der Waals surface area contributed by atoms with Crippen LogP contribution in [0.25, 0.3) is 0 Å². The molecule has 1 aliphatic carbocycles. The molecule has 1 atom stereocenters. The van der Waals surface area contributed by atoms with Crippen molar-refractivity contribution in [1.29, 1.82) is 0 Å². The Morgan fingerprint density at radius 1 is 1.67 bits per heavy atom. The first-order chi connectivity index (χ1) is 5.83. The number of rotatable bonds is 2. The predicted octanol–water partition coefficient (Wildman–Crippen LogP) is 1.02. The van der Waals surface area contributed by atoms with E-state index in [9.17, 15) is 0 Å². The monoisotopic (exact) mass is 167 g/mol. The second-order valence-electron chi connectivity index (χ2n) is 2.99. The minimum Gasteiger partial charge on any atom is -0.370 e. The van der Waals surface area contributed by atoms with Crippen LogP contribution in [0.4, 0.5) is 0 Å². The average molecular weight is 167 g/mol. The maximum absolute atomic E-state index is 5.63. The van der Waals surface area contributed by atoms with Gasteiger partial charge in [0.05, 0.1) is 0 Å².